The molecule has 128 valence electrons. The summed E-state index contributed by atoms with van der Waals surface area (Å²) in [7, 11) is 0. The summed E-state index contributed by atoms with van der Waals surface area (Å²) in [6, 6.07) is 10.2. The molecule has 0 radical (unpaired) electrons. The molecule has 0 fully saturated rings. The van der Waals surface area contributed by atoms with Crippen LogP contribution in [0.4, 0.5) is 5.13 Å². The van der Waals surface area contributed by atoms with Gasteiger partial charge in [-0.1, -0.05) is 11.6 Å². The fourth-order valence-electron chi connectivity index (χ4n) is 2.04. The van der Waals surface area contributed by atoms with Crippen LogP contribution in [0.3, 0.4) is 0 Å². The smallest absolute Gasteiger partial charge is 0.257 e. The molecule has 3 rings (SSSR count). The van der Waals surface area contributed by atoms with Crippen LogP contribution in [0.15, 0.2) is 46.2 Å². The quantitative estimate of drug-likeness (QED) is 0.707. The van der Waals surface area contributed by atoms with Crippen molar-refractivity contribution in [3.8, 4) is 11.5 Å². The van der Waals surface area contributed by atoms with Gasteiger partial charge in [0.2, 0.25) is 5.91 Å². The molecule has 0 aliphatic carbocycles. The lowest BCUT2D eigenvalue weighted by molar-refractivity contribution is -0.119. The second-order valence-electron chi connectivity index (χ2n) is 5.17. The Labute approximate surface area is 152 Å². The lowest BCUT2D eigenvalue weighted by Crippen LogP contribution is -2.18. The number of furan rings is 1. The van der Waals surface area contributed by atoms with Crippen molar-refractivity contribution in [3.63, 3.8) is 0 Å². The van der Waals surface area contributed by atoms with Gasteiger partial charge in [0.1, 0.15) is 11.5 Å². The molecule has 2 aromatic heterocycles. The van der Waals surface area contributed by atoms with Gasteiger partial charge >= 0.3 is 0 Å². The minimum atomic E-state index is -0.261. The van der Waals surface area contributed by atoms with Gasteiger partial charge in [-0.05, 0) is 36.4 Å². The minimum Gasteiger partial charge on any atom is -0.458 e. The molecule has 0 atom stereocenters. The monoisotopic (exact) mass is 375 g/mol. The maximum atomic E-state index is 12.2. The van der Waals surface area contributed by atoms with E-state index in [0.29, 0.717) is 39.5 Å². The van der Waals surface area contributed by atoms with Crippen LogP contribution < -0.4 is 10.6 Å². The Balaban J connectivity index is 1.67. The van der Waals surface area contributed by atoms with Crippen molar-refractivity contribution < 1.29 is 14.0 Å². The molecule has 0 unspecified atom stereocenters. The molecule has 0 aliphatic rings. The molecule has 0 saturated heterocycles. The number of nitrogens with one attached hydrogen (secondary N) is 2. The fraction of sp³-hybridized carbons (Fsp3) is 0.118. The lowest BCUT2D eigenvalue weighted by Gasteiger charge is -2.01. The second-order valence-corrected chi connectivity index (χ2v) is 6.47. The number of carbonyl (C=O) groups is 2. The predicted molar refractivity (Wildman–Crippen MR) is 96.7 cm³/mol. The Morgan fingerprint density at radius 1 is 1.20 bits per heavy atom. The maximum absolute atomic E-state index is 12.2. The average molecular weight is 376 g/mol. The van der Waals surface area contributed by atoms with Crippen molar-refractivity contribution in [1.29, 1.82) is 0 Å². The van der Waals surface area contributed by atoms with E-state index >= 15 is 0 Å². The van der Waals surface area contributed by atoms with E-state index in [1.807, 2.05) is 0 Å². The van der Waals surface area contributed by atoms with E-state index in [4.69, 9.17) is 16.0 Å². The Bertz CT molecular complexity index is 902. The third kappa shape index (κ3) is 4.46. The van der Waals surface area contributed by atoms with Gasteiger partial charge in [0.05, 0.1) is 6.54 Å². The van der Waals surface area contributed by atoms with E-state index in [1.165, 1.54) is 18.3 Å². The number of rotatable bonds is 5. The highest BCUT2D eigenvalue weighted by Crippen LogP contribution is 2.27. The summed E-state index contributed by atoms with van der Waals surface area (Å²) < 4.78 is 5.64. The number of halogens is 1. The zero-order valence-electron chi connectivity index (χ0n) is 13.2. The van der Waals surface area contributed by atoms with Crippen LogP contribution in [0.1, 0.15) is 23.0 Å². The van der Waals surface area contributed by atoms with Crippen molar-refractivity contribution >= 4 is 39.9 Å². The molecule has 2 N–H and O–H groups in total. The maximum Gasteiger partial charge on any atom is 0.257 e. The molecule has 0 bridgehead atoms. The van der Waals surface area contributed by atoms with E-state index in [0.717, 1.165) is 0 Å². The minimum absolute atomic E-state index is 0.126. The van der Waals surface area contributed by atoms with Crippen LogP contribution in [0.5, 0.6) is 0 Å². The largest absolute Gasteiger partial charge is 0.458 e. The first-order chi connectivity index (χ1) is 12.0. The number of aromatic nitrogens is 1. The van der Waals surface area contributed by atoms with Crippen LogP contribution in [0.25, 0.3) is 11.5 Å². The number of amides is 2. The predicted octanol–water partition coefficient (Wildman–Crippen LogP) is 3.94. The van der Waals surface area contributed by atoms with Crippen LogP contribution in [-0.2, 0) is 11.3 Å². The molecule has 6 nitrogen and oxygen atoms in total. The van der Waals surface area contributed by atoms with Gasteiger partial charge in [-0.25, -0.2) is 4.98 Å². The molecule has 0 aliphatic heterocycles. The number of carbonyl (C=O) groups excluding carboxylic acids is 2. The van der Waals surface area contributed by atoms with E-state index in [9.17, 15) is 9.59 Å². The number of thiazole rings is 1. The van der Waals surface area contributed by atoms with Crippen molar-refractivity contribution in [3.05, 3.63) is 58.1 Å². The molecule has 8 heteroatoms. The highest BCUT2D eigenvalue weighted by molar-refractivity contribution is 7.14. The first-order valence-corrected chi connectivity index (χ1v) is 8.63. The van der Waals surface area contributed by atoms with E-state index in [-0.39, 0.29) is 11.8 Å². The molecule has 0 saturated carbocycles. The summed E-state index contributed by atoms with van der Waals surface area (Å²) in [5.74, 6) is 0.815. The molecule has 3 aromatic rings. The molecule has 1 aromatic carbocycles. The Hall–Kier alpha value is -2.64. The summed E-state index contributed by atoms with van der Waals surface area (Å²) in [5, 5.41) is 8.23. The average Bonchev–Trinajstić information content (AvgIpc) is 3.22. The lowest BCUT2D eigenvalue weighted by atomic mass is 10.2. The molecular formula is C17H14ClN3O3S. The molecule has 2 heterocycles. The number of hydrogen-bond acceptors (Lipinski definition) is 5. The SMILES string of the molecule is CC(=O)NCc1ccc(-c2csc(NC(=O)c3ccc(Cl)cc3)n2)o1. The van der Waals surface area contributed by atoms with Gasteiger partial charge in [-0.3, -0.25) is 14.9 Å². The number of anilines is 1. The number of nitrogens with zero attached hydrogens (tertiary/aromatic N) is 1. The van der Waals surface area contributed by atoms with Crippen molar-refractivity contribution in [2.75, 3.05) is 5.32 Å². The van der Waals surface area contributed by atoms with Crippen LogP contribution >= 0.6 is 22.9 Å². The first kappa shape index (κ1) is 17.2. The summed E-state index contributed by atoms with van der Waals surface area (Å²) in [6.07, 6.45) is 0. The van der Waals surface area contributed by atoms with E-state index in [1.54, 1.807) is 41.8 Å². The summed E-state index contributed by atoms with van der Waals surface area (Å²) in [4.78, 5) is 27.4. The third-order valence-electron chi connectivity index (χ3n) is 3.26. The van der Waals surface area contributed by atoms with Crippen molar-refractivity contribution in [1.82, 2.24) is 10.3 Å². The molecule has 25 heavy (non-hydrogen) atoms. The number of benzene rings is 1. The first-order valence-electron chi connectivity index (χ1n) is 7.37. The Morgan fingerprint density at radius 3 is 2.68 bits per heavy atom. The standard InChI is InChI=1S/C17H14ClN3O3S/c1-10(22)19-8-13-6-7-15(24-13)14-9-25-17(20-14)21-16(23)11-2-4-12(18)5-3-11/h2-7,9H,8H2,1H3,(H,19,22)(H,20,21,23). The van der Waals surface area contributed by atoms with Gasteiger partial charge in [0.15, 0.2) is 10.9 Å². The summed E-state index contributed by atoms with van der Waals surface area (Å²) in [5.41, 5.74) is 1.11. The zero-order valence-corrected chi connectivity index (χ0v) is 14.8. The highest BCUT2D eigenvalue weighted by Gasteiger charge is 2.12. The number of hydrogen-bond donors (Lipinski definition) is 2. The highest BCUT2D eigenvalue weighted by atomic mass is 35.5. The molecular weight excluding hydrogens is 362 g/mol. The van der Waals surface area contributed by atoms with Crippen molar-refractivity contribution in [2.45, 2.75) is 13.5 Å². The fourth-order valence-corrected chi connectivity index (χ4v) is 2.86. The summed E-state index contributed by atoms with van der Waals surface area (Å²) in [6.45, 7) is 1.76. The van der Waals surface area contributed by atoms with Gasteiger partial charge < -0.3 is 9.73 Å². The Kier molecular flexibility index (Phi) is 5.16. The van der Waals surface area contributed by atoms with Gasteiger partial charge in [-0.2, -0.15) is 0 Å². The van der Waals surface area contributed by atoms with Crippen molar-refractivity contribution in [2.24, 2.45) is 0 Å². The van der Waals surface area contributed by atoms with E-state index in [2.05, 4.69) is 15.6 Å². The third-order valence-corrected chi connectivity index (χ3v) is 4.27. The normalized spacial score (nSPS) is 10.5. The zero-order chi connectivity index (χ0) is 17.8. The van der Waals surface area contributed by atoms with Gasteiger partial charge in [0.25, 0.3) is 5.91 Å². The van der Waals surface area contributed by atoms with Crippen LogP contribution in [0.2, 0.25) is 5.02 Å². The molecule has 0 spiro atoms. The Morgan fingerprint density at radius 2 is 1.96 bits per heavy atom. The van der Waals surface area contributed by atoms with E-state index < -0.39 is 0 Å². The van der Waals surface area contributed by atoms with Gasteiger partial charge in [-0.15, -0.1) is 11.3 Å². The summed E-state index contributed by atoms with van der Waals surface area (Å²) >= 11 is 7.11. The van der Waals surface area contributed by atoms with Crippen LogP contribution in [-0.4, -0.2) is 16.8 Å². The second kappa shape index (κ2) is 7.50. The molecule has 2 amide bonds. The topological polar surface area (TPSA) is 84.2 Å². The van der Waals surface area contributed by atoms with Crippen LogP contribution in [0, 0.1) is 0 Å². The van der Waals surface area contributed by atoms with Gasteiger partial charge in [0, 0.05) is 22.9 Å².